The van der Waals surface area contributed by atoms with E-state index < -0.39 is 5.85 Å². The summed E-state index contributed by atoms with van der Waals surface area (Å²) >= 11 is 0. The van der Waals surface area contributed by atoms with Gasteiger partial charge in [0.1, 0.15) is 0 Å². The van der Waals surface area contributed by atoms with Crippen LogP contribution in [0.3, 0.4) is 0 Å². The minimum Gasteiger partial charge on any atom is -0.821 e. The van der Waals surface area contributed by atoms with E-state index >= 15 is 0 Å². The summed E-state index contributed by atoms with van der Waals surface area (Å²) in [6.07, 6.45) is 5.59. The van der Waals surface area contributed by atoms with Gasteiger partial charge in [-0.25, -0.2) is 0 Å². The number of allylic oxidation sites excluding steroid dienone is 2. The summed E-state index contributed by atoms with van der Waals surface area (Å²) < 4.78 is 12.2. The summed E-state index contributed by atoms with van der Waals surface area (Å²) in [5, 5.41) is 10.3. The molecular formula is C6H6FNaO. The van der Waals surface area contributed by atoms with E-state index in [1.165, 1.54) is 12.2 Å². The van der Waals surface area contributed by atoms with Crippen molar-refractivity contribution < 1.29 is 39.1 Å². The zero-order valence-corrected chi connectivity index (χ0v) is 7.30. The van der Waals surface area contributed by atoms with Gasteiger partial charge < -0.3 is 5.11 Å². The molecule has 0 bridgehead atoms. The van der Waals surface area contributed by atoms with Crippen LogP contribution in [0.5, 0.6) is 0 Å². The van der Waals surface area contributed by atoms with Gasteiger partial charge in [-0.2, -0.15) is 0 Å². The molecule has 3 heteroatoms. The monoisotopic (exact) mass is 136 g/mol. The van der Waals surface area contributed by atoms with Crippen molar-refractivity contribution in [2.75, 3.05) is 0 Å². The van der Waals surface area contributed by atoms with Crippen LogP contribution in [0.4, 0.5) is 4.39 Å². The third-order valence-electron chi connectivity index (χ3n) is 0.988. The Bertz CT molecular complexity index is 140. The maximum atomic E-state index is 12.2. The molecule has 1 unspecified atom stereocenters. The topological polar surface area (TPSA) is 23.1 Å². The molecule has 0 aromatic rings. The Morgan fingerprint density at radius 1 is 1.44 bits per heavy atom. The quantitative estimate of drug-likeness (QED) is 0.338. The predicted octanol–water partition coefficient (Wildman–Crippen LogP) is -2.47. The summed E-state index contributed by atoms with van der Waals surface area (Å²) in [4.78, 5) is 0. The molecule has 0 aromatic carbocycles. The maximum Gasteiger partial charge on any atom is 1.00 e. The van der Waals surface area contributed by atoms with E-state index in [2.05, 4.69) is 0 Å². The van der Waals surface area contributed by atoms with E-state index in [-0.39, 0.29) is 36.0 Å². The summed E-state index contributed by atoms with van der Waals surface area (Å²) in [7, 11) is 0. The van der Waals surface area contributed by atoms with Gasteiger partial charge in [0.2, 0.25) is 0 Å². The molecule has 0 spiro atoms. The Labute approximate surface area is 75.6 Å². The van der Waals surface area contributed by atoms with Crippen molar-refractivity contribution in [2.24, 2.45) is 0 Å². The SMILES string of the molecule is [Na+].[O-]C1(F)C=CC=CC1. The normalized spacial score (nSPS) is 31.8. The van der Waals surface area contributed by atoms with Crippen LogP contribution in [0.1, 0.15) is 6.42 Å². The van der Waals surface area contributed by atoms with Gasteiger partial charge in [-0.05, 0) is 6.42 Å². The molecule has 0 aromatic heterocycles. The van der Waals surface area contributed by atoms with E-state index in [1.54, 1.807) is 6.08 Å². The van der Waals surface area contributed by atoms with Gasteiger partial charge in [0.05, 0.1) is 5.85 Å². The molecule has 0 amide bonds. The average molecular weight is 136 g/mol. The molecule has 0 heterocycles. The van der Waals surface area contributed by atoms with Crippen LogP contribution in [0.15, 0.2) is 24.3 Å². The molecule has 44 valence electrons. The second-order valence-corrected chi connectivity index (χ2v) is 1.78. The molecular weight excluding hydrogens is 130 g/mol. The van der Waals surface area contributed by atoms with Crippen LogP contribution in [-0.4, -0.2) is 5.85 Å². The molecule has 0 fully saturated rings. The van der Waals surface area contributed by atoms with Crippen molar-refractivity contribution in [3.05, 3.63) is 24.3 Å². The number of alkyl halides is 1. The molecule has 0 aliphatic heterocycles. The van der Waals surface area contributed by atoms with Crippen molar-refractivity contribution in [2.45, 2.75) is 12.3 Å². The second kappa shape index (κ2) is 3.52. The molecule has 1 aliphatic rings. The molecule has 0 saturated carbocycles. The van der Waals surface area contributed by atoms with Gasteiger partial charge in [0, 0.05) is 0 Å². The summed E-state index contributed by atoms with van der Waals surface area (Å²) in [5.74, 6) is -2.34. The van der Waals surface area contributed by atoms with Crippen molar-refractivity contribution in [1.82, 2.24) is 0 Å². The molecule has 1 aliphatic carbocycles. The Morgan fingerprint density at radius 2 is 2.11 bits per heavy atom. The minimum absolute atomic E-state index is 0. The van der Waals surface area contributed by atoms with E-state index in [0.29, 0.717) is 0 Å². The predicted molar refractivity (Wildman–Crippen MR) is 26.7 cm³/mol. The number of rotatable bonds is 0. The fourth-order valence-corrected chi connectivity index (χ4v) is 0.575. The van der Waals surface area contributed by atoms with Crippen molar-refractivity contribution >= 4 is 0 Å². The van der Waals surface area contributed by atoms with Gasteiger partial charge in [0.25, 0.3) is 0 Å². The van der Waals surface area contributed by atoms with Crippen LogP contribution in [0, 0.1) is 0 Å². The fourth-order valence-electron chi connectivity index (χ4n) is 0.575. The molecule has 1 rings (SSSR count). The summed E-state index contributed by atoms with van der Waals surface area (Å²) in [6, 6.07) is 0. The van der Waals surface area contributed by atoms with Crippen LogP contribution < -0.4 is 34.7 Å². The minimum atomic E-state index is -2.34. The van der Waals surface area contributed by atoms with Gasteiger partial charge in [-0.1, -0.05) is 24.3 Å². The van der Waals surface area contributed by atoms with Gasteiger partial charge in [-0.3, -0.25) is 4.39 Å². The van der Waals surface area contributed by atoms with E-state index in [0.717, 1.165) is 6.08 Å². The first-order valence-corrected chi connectivity index (χ1v) is 2.44. The fraction of sp³-hybridized carbons (Fsp3) is 0.333. The van der Waals surface area contributed by atoms with Crippen molar-refractivity contribution in [3.8, 4) is 0 Å². The third kappa shape index (κ3) is 3.16. The molecule has 9 heavy (non-hydrogen) atoms. The van der Waals surface area contributed by atoms with Gasteiger partial charge in [0.15, 0.2) is 0 Å². The summed E-state index contributed by atoms with van der Waals surface area (Å²) in [5.41, 5.74) is 0. The first kappa shape index (κ1) is 9.37. The van der Waals surface area contributed by atoms with Gasteiger partial charge in [-0.15, -0.1) is 0 Å². The summed E-state index contributed by atoms with van der Waals surface area (Å²) in [6.45, 7) is 0. The maximum absolute atomic E-state index is 12.2. The molecule has 0 saturated heterocycles. The number of hydrogen-bond acceptors (Lipinski definition) is 1. The van der Waals surface area contributed by atoms with Crippen LogP contribution in [0.25, 0.3) is 0 Å². The molecule has 1 atom stereocenters. The third-order valence-corrected chi connectivity index (χ3v) is 0.988. The van der Waals surface area contributed by atoms with E-state index in [9.17, 15) is 9.50 Å². The van der Waals surface area contributed by atoms with E-state index in [4.69, 9.17) is 0 Å². The number of halogens is 1. The zero-order valence-electron chi connectivity index (χ0n) is 5.30. The van der Waals surface area contributed by atoms with Gasteiger partial charge >= 0.3 is 29.6 Å². The van der Waals surface area contributed by atoms with Crippen LogP contribution in [0.2, 0.25) is 0 Å². The first-order chi connectivity index (χ1) is 3.71. The molecule has 0 N–H and O–H groups in total. The molecule has 1 nitrogen and oxygen atoms in total. The van der Waals surface area contributed by atoms with E-state index in [1.807, 2.05) is 0 Å². The Hall–Kier alpha value is 0.370. The Balaban J connectivity index is 0.000000640. The van der Waals surface area contributed by atoms with Crippen LogP contribution in [-0.2, 0) is 0 Å². The Morgan fingerprint density at radius 3 is 2.33 bits per heavy atom. The smallest absolute Gasteiger partial charge is 0.821 e. The van der Waals surface area contributed by atoms with Crippen LogP contribution >= 0.6 is 0 Å². The standard InChI is InChI=1S/C6H6FO.Na/c7-6(8)4-2-1-3-5-6;/h1-4H,5H2;/q-1;+1. The van der Waals surface area contributed by atoms with Crippen molar-refractivity contribution in [1.29, 1.82) is 0 Å². The first-order valence-electron chi connectivity index (χ1n) is 2.44. The van der Waals surface area contributed by atoms with Crippen molar-refractivity contribution in [3.63, 3.8) is 0 Å². The average Bonchev–Trinajstić information content (AvgIpc) is 1.65. The zero-order chi connectivity index (χ0) is 6.04. The molecule has 0 radical (unpaired) electrons. The number of hydrogen-bond donors (Lipinski definition) is 0. The second-order valence-electron chi connectivity index (χ2n) is 1.78. The Kier molecular flexibility index (Phi) is 3.66. The largest absolute Gasteiger partial charge is 1.00 e.